The average molecular weight is 309 g/mol. The molecular weight excluding hydrogens is 299 g/mol. The minimum absolute atomic E-state index is 0.155. The Morgan fingerprint density at radius 2 is 1.73 bits per heavy atom. The van der Waals surface area contributed by atoms with Gasteiger partial charge in [0.2, 0.25) is 0 Å². The summed E-state index contributed by atoms with van der Waals surface area (Å²) >= 11 is 0.155. The van der Waals surface area contributed by atoms with E-state index in [-0.39, 0.29) is 21.2 Å². The molecule has 0 aliphatic heterocycles. The number of alkyl halides is 1. The second-order valence-electron chi connectivity index (χ2n) is 3.43. The van der Waals surface area contributed by atoms with E-state index < -0.39 is 0 Å². The standard InChI is InChI=1S/C13H10IO/c1-14-9-6-7-13-11(8-9)10-4-2-3-5-12(10)15-13/h2-8H,1H3/q-1. The summed E-state index contributed by atoms with van der Waals surface area (Å²) in [6.07, 6.45) is 0. The quantitative estimate of drug-likeness (QED) is 0.471. The molecule has 15 heavy (non-hydrogen) atoms. The Kier molecular flexibility index (Phi) is 2.16. The van der Waals surface area contributed by atoms with Crippen LogP contribution in [0.15, 0.2) is 46.9 Å². The molecule has 0 aliphatic carbocycles. The first-order chi connectivity index (χ1) is 7.38. The summed E-state index contributed by atoms with van der Waals surface area (Å²) < 4.78 is 7.23. The fourth-order valence-corrected chi connectivity index (χ4v) is 2.98. The molecule has 2 heteroatoms. The maximum atomic E-state index is 5.76. The first kappa shape index (κ1) is 9.21. The number of benzene rings is 2. The van der Waals surface area contributed by atoms with E-state index >= 15 is 0 Å². The van der Waals surface area contributed by atoms with Gasteiger partial charge in [-0.15, -0.1) is 0 Å². The molecule has 0 atom stereocenters. The van der Waals surface area contributed by atoms with Crippen LogP contribution in [0.1, 0.15) is 0 Å². The number of fused-ring (bicyclic) bond motifs is 3. The van der Waals surface area contributed by atoms with E-state index in [1.165, 1.54) is 14.3 Å². The van der Waals surface area contributed by atoms with Crippen molar-refractivity contribution < 1.29 is 25.6 Å². The third-order valence-corrected chi connectivity index (χ3v) is 4.47. The molecule has 0 bridgehead atoms. The van der Waals surface area contributed by atoms with Crippen LogP contribution in [0.25, 0.3) is 21.9 Å². The van der Waals surface area contributed by atoms with Crippen LogP contribution in [0.4, 0.5) is 0 Å². The fourth-order valence-electron chi connectivity index (χ4n) is 1.82. The van der Waals surface area contributed by atoms with E-state index in [0.29, 0.717) is 0 Å². The van der Waals surface area contributed by atoms with E-state index in [1.807, 2.05) is 12.1 Å². The van der Waals surface area contributed by atoms with Crippen LogP contribution < -0.4 is 21.2 Å². The summed E-state index contributed by atoms with van der Waals surface area (Å²) in [5.74, 6) is 0. The molecule has 3 rings (SSSR count). The zero-order chi connectivity index (χ0) is 10.3. The second kappa shape index (κ2) is 3.52. The molecule has 0 fully saturated rings. The van der Waals surface area contributed by atoms with Crippen LogP contribution in [0.3, 0.4) is 0 Å². The van der Waals surface area contributed by atoms with Crippen molar-refractivity contribution in [1.82, 2.24) is 0 Å². The molecule has 0 amide bonds. The molecule has 1 nitrogen and oxygen atoms in total. The van der Waals surface area contributed by atoms with Crippen molar-refractivity contribution in [2.45, 2.75) is 0 Å². The van der Waals surface area contributed by atoms with Crippen LogP contribution in [0.5, 0.6) is 0 Å². The summed E-state index contributed by atoms with van der Waals surface area (Å²) in [6.45, 7) is 0. The Labute approximate surface area is 98.3 Å². The van der Waals surface area contributed by atoms with E-state index in [1.54, 1.807) is 0 Å². The molecular formula is C13H10IO-. The first-order valence-corrected chi connectivity index (χ1v) is 8.03. The molecule has 0 saturated carbocycles. The van der Waals surface area contributed by atoms with Crippen molar-refractivity contribution in [3.05, 3.63) is 46.0 Å². The van der Waals surface area contributed by atoms with E-state index in [9.17, 15) is 0 Å². The van der Waals surface area contributed by atoms with Gasteiger partial charge in [-0.05, 0) is 0 Å². The minimum atomic E-state index is 0.155. The first-order valence-electron chi connectivity index (χ1n) is 4.79. The van der Waals surface area contributed by atoms with Crippen molar-refractivity contribution in [2.75, 3.05) is 4.93 Å². The number of hydrogen-bond acceptors (Lipinski definition) is 1. The maximum absolute atomic E-state index is 5.76. The zero-order valence-electron chi connectivity index (χ0n) is 8.33. The van der Waals surface area contributed by atoms with Crippen LogP contribution in [0.2, 0.25) is 0 Å². The SMILES string of the molecule is C[I-]c1ccc2oc3ccccc3c2c1. The van der Waals surface area contributed by atoms with Gasteiger partial charge in [-0.3, -0.25) is 0 Å². The Hall–Kier alpha value is -1.03. The van der Waals surface area contributed by atoms with Crippen LogP contribution in [0, 0.1) is 3.57 Å². The Bertz CT molecular complexity index is 625. The topological polar surface area (TPSA) is 13.1 Å². The summed E-state index contributed by atoms with van der Waals surface area (Å²) in [6, 6.07) is 14.8. The zero-order valence-corrected chi connectivity index (χ0v) is 10.5. The van der Waals surface area contributed by atoms with Gasteiger partial charge in [0.1, 0.15) is 0 Å². The van der Waals surface area contributed by atoms with Crippen molar-refractivity contribution in [3.8, 4) is 0 Å². The van der Waals surface area contributed by atoms with Crippen molar-refractivity contribution in [3.63, 3.8) is 0 Å². The van der Waals surface area contributed by atoms with Gasteiger partial charge >= 0.3 is 98.5 Å². The molecule has 1 heterocycles. The summed E-state index contributed by atoms with van der Waals surface area (Å²) in [4.78, 5) is 2.28. The third-order valence-electron chi connectivity index (χ3n) is 2.56. The molecule has 76 valence electrons. The Balaban J connectivity index is 2.46. The molecule has 3 aromatic rings. The molecule has 0 aliphatic rings. The summed E-state index contributed by atoms with van der Waals surface area (Å²) in [5.41, 5.74) is 1.98. The molecule has 0 unspecified atom stereocenters. The number of halogens is 1. The van der Waals surface area contributed by atoms with Gasteiger partial charge in [-0.25, -0.2) is 0 Å². The van der Waals surface area contributed by atoms with Gasteiger partial charge in [0, 0.05) is 0 Å². The second-order valence-corrected chi connectivity index (χ2v) is 5.75. The van der Waals surface area contributed by atoms with Crippen molar-refractivity contribution >= 4 is 21.9 Å². The molecule has 0 spiro atoms. The fraction of sp³-hybridized carbons (Fsp3) is 0.0769. The van der Waals surface area contributed by atoms with E-state index in [4.69, 9.17) is 4.42 Å². The number of hydrogen-bond donors (Lipinski definition) is 0. The van der Waals surface area contributed by atoms with Gasteiger partial charge in [0.05, 0.1) is 0 Å². The van der Waals surface area contributed by atoms with Crippen LogP contribution in [-0.4, -0.2) is 4.93 Å². The summed E-state index contributed by atoms with van der Waals surface area (Å²) in [5, 5.41) is 2.48. The monoisotopic (exact) mass is 309 g/mol. The number of furan rings is 1. The van der Waals surface area contributed by atoms with Crippen molar-refractivity contribution in [2.24, 2.45) is 0 Å². The van der Waals surface area contributed by atoms with Crippen LogP contribution in [-0.2, 0) is 0 Å². The number of rotatable bonds is 1. The Morgan fingerprint density at radius 3 is 2.60 bits per heavy atom. The predicted octanol–water partition coefficient (Wildman–Crippen LogP) is 0.474. The van der Waals surface area contributed by atoms with E-state index in [0.717, 1.165) is 11.2 Å². The van der Waals surface area contributed by atoms with Gasteiger partial charge in [-0.1, -0.05) is 0 Å². The van der Waals surface area contributed by atoms with Gasteiger partial charge in [0.15, 0.2) is 0 Å². The average Bonchev–Trinajstić information content (AvgIpc) is 2.66. The predicted molar refractivity (Wildman–Crippen MR) is 58.3 cm³/mol. The molecule has 2 aromatic carbocycles. The molecule has 0 saturated heterocycles. The van der Waals surface area contributed by atoms with E-state index in [2.05, 4.69) is 35.3 Å². The summed E-state index contributed by atoms with van der Waals surface area (Å²) in [7, 11) is 0. The van der Waals surface area contributed by atoms with Gasteiger partial charge < -0.3 is 0 Å². The molecule has 0 N–H and O–H groups in total. The van der Waals surface area contributed by atoms with Gasteiger partial charge in [-0.2, -0.15) is 0 Å². The van der Waals surface area contributed by atoms with Gasteiger partial charge in [0.25, 0.3) is 0 Å². The van der Waals surface area contributed by atoms with Crippen LogP contribution >= 0.6 is 0 Å². The molecule has 1 aromatic heterocycles. The normalized spacial score (nSPS) is 11.5. The number of para-hydroxylation sites is 1. The Morgan fingerprint density at radius 1 is 0.933 bits per heavy atom. The van der Waals surface area contributed by atoms with Crippen molar-refractivity contribution in [1.29, 1.82) is 0 Å². The molecule has 0 radical (unpaired) electrons. The third kappa shape index (κ3) is 1.44.